The predicted molar refractivity (Wildman–Crippen MR) is 102 cm³/mol. The summed E-state index contributed by atoms with van der Waals surface area (Å²) in [5.74, 6) is 0.105. The third kappa shape index (κ3) is 3.67. The summed E-state index contributed by atoms with van der Waals surface area (Å²) < 4.78 is 29.7. The Morgan fingerprint density at radius 1 is 1.23 bits per heavy atom. The average molecular weight is 378 g/mol. The Hall–Kier alpha value is -1.77. The zero-order chi connectivity index (χ0) is 18.9. The van der Waals surface area contributed by atoms with Gasteiger partial charge in [0.25, 0.3) is 10.2 Å². The van der Waals surface area contributed by atoms with Gasteiger partial charge in [-0.1, -0.05) is 6.07 Å². The maximum absolute atomic E-state index is 12.5. The Balaban J connectivity index is 1.87. The normalized spacial score (nSPS) is 19.4. The van der Waals surface area contributed by atoms with Gasteiger partial charge in [0.2, 0.25) is 0 Å². The van der Waals surface area contributed by atoms with E-state index in [-0.39, 0.29) is 12.0 Å². The van der Waals surface area contributed by atoms with Crippen LogP contribution in [0, 0.1) is 0 Å². The first-order valence-corrected chi connectivity index (χ1v) is 10.4. The predicted octanol–water partition coefficient (Wildman–Crippen LogP) is 2.51. The lowest BCUT2D eigenvalue weighted by Crippen LogP contribution is -2.45. The molecule has 0 aromatic carbocycles. The molecule has 1 saturated heterocycles. The number of piperidine rings is 1. The molecule has 1 atom stereocenters. The molecule has 0 saturated carbocycles. The minimum Gasteiger partial charge on any atom is -0.261 e. The lowest BCUT2D eigenvalue weighted by atomic mass is 9.95. The monoisotopic (exact) mass is 377 g/mol. The van der Waals surface area contributed by atoms with E-state index in [0.29, 0.717) is 13.1 Å². The second-order valence-corrected chi connectivity index (χ2v) is 9.33. The van der Waals surface area contributed by atoms with Crippen molar-refractivity contribution in [3.05, 3.63) is 36.2 Å². The molecule has 142 valence electrons. The zero-order valence-corrected chi connectivity index (χ0v) is 16.6. The highest BCUT2D eigenvalue weighted by Crippen LogP contribution is 2.29. The molecule has 1 fully saturated rings. The van der Waals surface area contributed by atoms with Crippen LogP contribution < -0.4 is 0 Å². The van der Waals surface area contributed by atoms with E-state index in [1.54, 1.807) is 24.6 Å². The van der Waals surface area contributed by atoms with E-state index < -0.39 is 10.2 Å². The summed E-state index contributed by atoms with van der Waals surface area (Å²) >= 11 is 0. The van der Waals surface area contributed by atoms with Crippen molar-refractivity contribution in [1.82, 2.24) is 23.4 Å². The quantitative estimate of drug-likeness (QED) is 0.803. The van der Waals surface area contributed by atoms with Crippen molar-refractivity contribution in [2.24, 2.45) is 0 Å². The van der Waals surface area contributed by atoms with Crippen LogP contribution in [0.3, 0.4) is 0 Å². The van der Waals surface area contributed by atoms with E-state index in [2.05, 4.69) is 18.9 Å². The summed E-state index contributed by atoms with van der Waals surface area (Å²) in [6.45, 7) is 5.22. The van der Waals surface area contributed by atoms with Crippen LogP contribution in [0.2, 0.25) is 0 Å². The van der Waals surface area contributed by atoms with Crippen LogP contribution >= 0.6 is 0 Å². The van der Waals surface area contributed by atoms with Crippen LogP contribution in [0.4, 0.5) is 0 Å². The minimum atomic E-state index is -3.39. The fraction of sp³-hybridized carbons (Fsp3) is 0.556. The molecule has 8 heteroatoms. The number of hydrogen-bond donors (Lipinski definition) is 0. The molecule has 2 aromatic rings. The van der Waals surface area contributed by atoms with E-state index in [4.69, 9.17) is 4.98 Å². The average Bonchev–Trinajstić information content (AvgIpc) is 3.12. The minimum absolute atomic E-state index is 0.105. The van der Waals surface area contributed by atoms with Crippen LogP contribution in [-0.4, -0.2) is 59.0 Å². The summed E-state index contributed by atoms with van der Waals surface area (Å²) in [6.07, 6.45) is 3.57. The van der Waals surface area contributed by atoms with Crippen LogP contribution in [0.25, 0.3) is 11.4 Å². The van der Waals surface area contributed by atoms with Crippen molar-refractivity contribution < 1.29 is 8.42 Å². The highest BCUT2D eigenvalue weighted by Gasteiger charge is 2.31. The Kier molecular flexibility index (Phi) is 5.45. The van der Waals surface area contributed by atoms with Gasteiger partial charge in [0.1, 0.15) is 0 Å². The van der Waals surface area contributed by atoms with Crippen molar-refractivity contribution in [3.63, 3.8) is 0 Å². The Bertz CT molecular complexity index is 860. The standard InChI is InChI=1S/C18H27N5O2S/c1-14(2)23-18(10-11-19-23)17-9-5-8-16(20-17)15-7-6-12-22(13-15)26(24,25)21(3)4/h5,8-11,14-15H,6-7,12-13H2,1-4H3/t15-/m0/s1. The smallest absolute Gasteiger partial charge is 0.261 e. The van der Waals surface area contributed by atoms with Crippen molar-refractivity contribution >= 4 is 10.2 Å². The molecule has 7 nitrogen and oxygen atoms in total. The van der Waals surface area contributed by atoms with Crippen LogP contribution in [-0.2, 0) is 10.2 Å². The first-order chi connectivity index (χ1) is 12.3. The van der Waals surface area contributed by atoms with Gasteiger partial charge in [-0.3, -0.25) is 9.67 Å². The molecule has 1 aliphatic rings. The van der Waals surface area contributed by atoms with Gasteiger partial charge in [-0.2, -0.15) is 22.1 Å². The van der Waals surface area contributed by atoms with Gasteiger partial charge in [0.15, 0.2) is 0 Å². The highest BCUT2D eigenvalue weighted by atomic mass is 32.2. The molecule has 0 bridgehead atoms. The molecule has 3 rings (SSSR count). The number of aromatic nitrogens is 3. The van der Waals surface area contributed by atoms with Crippen LogP contribution in [0.15, 0.2) is 30.5 Å². The lowest BCUT2D eigenvalue weighted by Gasteiger charge is -2.33. The molecule has 0 N–H and O–H groups in total. The molecular weight excluding hydrogens is 350 g/mol. The summed E-state index contributed by atoms with van der Waals surface area (Å²) in [5, 5.41) is 4.38. The molecule has 0 unspecified atom stereocenters. The zero-order valence-electron chi connectivity index (χ0n) is 15.8. The molecule has 0 amide bonds. The fourth-order valence-electron chi connectivity index (χ4n) is 3.37. The van der Waals surface area contributed by atoms with Gasteiger partial charge in [-0.05, 0) is 44.9 Å². The van der Waals surface area contributed by atoms with Crippen molar-refractivity contribution in [1.29, 1.82) is 0 Å². The molecular formula is C18H27N5O2S. The van der Waals surface area contributed by atoms with Crippen molar-refractivity contribution in [2.75, 3.05) is 27.2 Å². The SMILES string of the molecule is CC(C)n1nccc1-c1cccc([C@H]2CCCN(S(=O)(=O)N(C)C)C2)n1. The van der Waals surface area contributed by atoms with Crippen LogP contribution in [0.1, 0.15) is 44.3 Å². The Morgan fingerprint density at radius 2 is 2.00 bits per heavy atom. The Labute approximate surface area is 155 Å². The maximum Gasteiger partial charge on any atom is 0.281 e. The molecule has 0 radical (unpaired) electrons. The number of pyridine rings is 1. The second kappa shape index (κ2) is 7.46. The van der Waals surface area contributed by atoms with Gasteiger partial charge in [0.05, 0.1) is 11.4 Å². The largest absolute Gasteiger partial charge is 0.281 e. The van der Waals surface area contributed by atoms with E-state index in [0.717, 1.165) is 29.9 Å². The molecule has 0 aliphatic carbocycles. The fourth-order valence-corrected chi connectivity index (χ4v) is 4.56. The summed E-state index contributed by atoms with van der Waals surface area (Å²) in [6, 6.07) is 8.19. The van der Waals surface area contributed by atoms with E-state index in [1.807, 2.05) is 28.9 Å². The molecule has 0 spiro atoms. The molecule has 3 heterocycles. The lowest BCUT2D eigenvalue weighted by molar-refractivity contribution is 0.296. The topological polar surface area (TPSA) is 71.3 Å². The summed E-state index contributed by atoms with van der Waals surface area (Å²) in [4.78, 5) is 4.85. The van der Waals surface area contributed by atoms with Crippen molar-refractivity contribution in [2.45, 2.75) is 38.6 Å². The highest BCUT2D eigenvalue weighted by molar-refractivity contribution is 7.86. The maximum atomic E-state index is 12.5. The van der Waals surface area contributed by atoms with Gasteiger partial charge in [0, 0.05) is 51.0 Å². The van der Waals surface area contributed by atoms with Gasteiger partial charge >= 0.3 is 0 Å². The molecule has 1 aliphatic heterocycles. The number of nitrogens with zero attached hydrogens (tertiary/aromatic N) is 5. The summed E-state index contributed by atoms with van der Waals surface area (Å²) in [5.41, 5.74) is 2.80. The van der Waals surface area contributed by atoms with Gasteiger partial charge in [-0.15, -0.1) is 0 Å². The van der Waals surface area contributed by atoms with Crippen molar-refractivity contribution in [3.8, 4) is 11.4 Å². The van der Waals surface area contributed by atoms with E-state index >= 15 is 0 Å². The number of hydrogen-bond acceptors (Lipinski definition) is 4. The number of rotatable bonds is 5. The van der Waals surface area contributed by atoms with E-state index in [1.165, 1.54) is 4.31 Å². The molecule has 26 heavy (non-hydrogen) atoms. The van der Waals surface area contributed by atoms with Gasteiger partial charge < -0.3 is 0 Å². The Morgan fingerprint density at radius 3 is 2.69 bits per heavy atom. The second-order valence-electron chi connectivity index (χ2n) is 7.19. The molecule has 2 aromatic heterocycles. The third-order valence-corrected chi connectivity index (χ3v) is 6.69. The first kappa shape index (κ1) is 19.0. The van der Waals surface area contributed by atoms with Gasteiger partial charge in [-0.25, -0.2) is 0 Å². The summed E-state index contributed by atoms with van der Waals surface area (Å²) in [7, 11) is -0.239. The van der Waals surface area contributed by atoms with Crippen LogP contribution in [0.5, 0.6) is 0 Å². The van der Waals surface area contributed by atoms with E-state index in [9.17, 15) is 8.42 Å². The first-order valence-electron chi connectivity index (χ1n) is 8.99. The third-order valence-electron chi connectivity index (χ3n) is 4.78.